The quantitative estimate of drug-likeness (QED) is 0.605. The summed E-state index contributed by atoms with van der Waals surface area (Å²) in [7, 11) is 0. The van der Waals surface area contributed by atoms with Crippen molar-refractivity contribution >= 4 is 17.9 Å². The van der Waals surface area contributed by atoms with Crippen LogP contribution in [0, 0.1) is 17.8 Å². The van der Waals surface area contributed by atoms with Crippen molar-refractivity contribution in [2.24, 2.45) is 10.8 Å². The van der Waals surface area contributed by atoms with Crippen LogP contribution in [0.15, 0.2) is 36.7 Å². The van der Waals surface area contributed by atoms with Crippen LogP contribution in [0.3, 0.4) is 0 Å². The Morgan fingerprint density at radius 3 is 1.91 bits per heavy atom. The zero-order valence-corrected chi connectivity index (χ0v) is 17.3. The van der Waals surface area contributed by atoms with Crippen molar-refractivity contribution in [2.75, 3.05) is 13.1 Å². The molecule has 1 aromatic carbocycles. The number of halogens is 3. The first-order chi connectivity index (χ1) is 15.3. The zero-order valence-electron chi connectivity index (χ0n) is 17.3. The van der Waals surface area contributed by atoms with Crippen molar-refractivity contribution in [1.82, 2.24) is 14.9 Å². The fourth-order valence-electron chi connectivity index (χ4n) is 4.17. The molecular weight excluding hydrogens is 447 g/mol. The van der Waals surface area contributed by atoms with Crippen LogP contribution in [-0.4, -0.2) is 67.4 Å². The first kappa shape index (κ1) is 24.1. The molecule has 1 saturated heterocycles. The number of hydrogen-bond donors (Lipinski definition) is 3. The summed E-state index contributed by atoms with van der Waals surface area (Å²) in [6, 6.07) is 7.86. The summed E-state index contributed by atoms with van der Waals surface area (Å²) < 4.78 is 31.7. The average molecular weight is 467 g/mol. The molecule has 2 aliphatic rings. The summed E-state index contributed by atoms with van der Waals surface area (Å²) in [5.74, 6) is -4.16. The van der Waals surface area contributed by atoms with Crippen LogP contribution >= 0.6 is 0 Å². The van der Waals surface area contributed by atoms with Crippen LogP contribution in [-0.2, 0) is 20.9 Å². The van der Waals surface area contributed by atoms with Crippen LogP contribution in [0.4, 0.5) is 13.2 Å². The fraction of sp³-hybridized carbons (Fsp3) is 0.381. The average Bonchev–Trinajstić information content (AvgIpc) is 3.27. The van der Waals surface area contributed by atoms with Crippen LogP contribution in [0.2, 0.25) is 0 Å². The molecule has 9 nitrogen and oxygen atoms in total. The first-order valence-corrected chi connectivity index (χ1v) is 9.68. The summed E-state index contributed by atoms with van der Waals surface area (Å²) >= 11 is 0. The Hall–Kier alpha value is -3.54. The predicted molar refractivity (Wildman–Crippen MR) is 106 cm³/mol. The van der Waals surface area contributed by atoms with E-state index in [1.807, 2.05) is 36.1 Å². The Morgan fingerprint density at radius 2 is 1.48 bits per heavy atom. The molecule has 2 atom stereocenters. The van der Waals surface area contributed by atoms with Gasteiger partial charge in [-0.2, -0.15) is 13.2 Å². The molecule has 12 heteroatoms. The Kier molecular flexibility index (Phi) is 6.16. The number of aryl methyl sites for hydroxylation is 1. The van der Waals surface area contributed by atoms with Gasteiger partial charge in [0.05, 0.1) is 10.8 Å². The zero-order chi connectivity index (χ0) is 24.6. The number of benzene rings is 1. The highest BCUT2D eigenvalue weighted by Gasteiger charge is 2.80. The van der Waals surface area contributed by atoms with Gasteiger partial charge in [-0.15, -0.1) is 0 Å². The van der Waals surface area contributed by atoms with E-state index in [-0.39, 0.29) is 19.5 Å². The fourth-order valence-corrected chi connectivity index (χ4v) is 4.17. The molecule has 1 aliphatic carbocycles. The number of carbonyl (C=O) groups is 3. The number of aliphatic carboxylic acids is 3. The molecule has 176 valence electrons. The lowest BCUT2D eigenvalue weighted by atomic mass is 9.97. The molecule has 0 unspecified atom stereocenters. The van der Waals surface area contributed by atoms with Gasteiger partial charge in [0.2, 0.25) is 0 Å². The molecule has 0 amide bonds. The third kappa shape index (κ3) is 4.51. The number of alkyl halides is 3. The topological polar surface area (TPSA) is 141 Å². The number of nitrogens with zero attached hydrogens (tertiary/aromatic N) is 3. The van der Waals surface area contributed by atoms with Crippen LogP contribution in [0.5, 0.6) is 0 Å². The van der Waals surface area contributed by atoms with Gasteiger partial charge in [0, 0.05) is 43.2 Å². The summed E-state index contributed by atoms with van der Waals surface area (Å²) in [4.78, 5) is 42.8. The number of hydrogen-bond acceptors (Lipinski definition) is 6. The number of piperidine rings is 1. The van der Waals surface area contributed by atoms with Gasteiger partial charge in [0.15, 0.2) is 5.82 Å². The number of carboxylic acids is 3. The second-order valence-corrected chi connectivity index (χ2v) is 8.13. The molecule has 2 heterocycles. The highest BCUT2D eigenvalue weighted by Crippen LogP contribution is 2.68. The smallest absolute Gasteiger partial charge is 0.481 e. The number of aromatic nitrogens is 2. The lowest BCUT2D eigenvalue weighted by Gasteiger charge is -2.19. The van der Waals surface area contributed by atoms with Gasteiger partial charge < -0.3 is 15.3 Å². The van der Waals surface area contributed by atoms with Gasteiger partial charge in [-0.05, 0) is 18.9 Å². The van der Waals surface area contributed by atoms with E-state index < -0.39 is 34.9 Å². The maximum Gasteiger partial charge on any atom is 0.490 e. The summed E-state index contributed by atoms with van der Waals surface area (Å²) in [5, 5.41) is 26.1. The number of rotatable bonds is 5. The van der Waals surface area contributed by atoms with E-state index in [4.69, 9.17) is 9.90 Å². The Balaban J connectivity index is 0.000000383. The molecule has 1 aliphatic heterocycles. The van der Waals surface area contributed by atoms with E-state index in [1.165, 1.54) is 0 Å². The Morgan fingerprint density at radius 1 is 1.00 bits per heavy atom. The number of carboxylic acid groups (broad SMARTS) is 3. The molecule has 4 rings (SSSR count). The molecular formula is C21H20F3N3O6. The van der Waals surface area contributed by atoms with E-state index in [0.29, 0.717) is 12.4 Å². The van der Waals surface area contributed by atoms with Gasteiger partial charge >= 0.3 is 24.1 Å². The van der Waals surface area contributed by atoms with Crippen molar-refractivity contribution in [2.45, 2.75) is 26.1 Å². The molecule has 0 spiro atoms. The summed E-state index contributed by atoms with van der Waals surface area (Å²) in [6.45, 7) is 2.93. The second-order valence-electron chi connectivity index (χ2n) is 8.13. The highest BCUT2D eigenvalue weighted by molar-refractivity contribution is 5.94. The molecule has 2 fully saturated rings. The van der Waals surface area contributed by atoms with Crippen LogP contribution in [0.25, 0.3) is 11.4 Å². The van der Waals surface area contributed by atoms with Crippen LogP contribution < -0.4 is 0 Å². The Bertz CT molecular complexity index is 1060. The van der Waals surface area contributed by atoms with E-state index in [1.54, 1.807) is 12.4 Å². The molecule has 1 aromatic heterocycles. The molecule has 0 bridgehead atoms. The minimum Gasteiger partial charge on any atom is -0.481 e. The molecule has 3 N–H and O–H groups in total. The van der Waals surface area contributed by atoms with Crippen molar-refractivity contribution < 1.29 is 42.9 Å². The van der Waals surface area contributed by atoms with E-state index in [9.17, 15) is 33.0 Å². The lowest BCUT2D eigenvalue weighted by Crippen LogP contribution is -2.28. The molecule has 1 saturated carbocycles. The number of fused-ring (bicyclic) bond motifs is 1. The van der Waals surface area contributed by atoms with Gasteiger partial charge in [0.1, 0.15) is 0 Å². The SMILES string of the molecule is Cc1ccccc1-c1ncc(CN2C[C@@]3(C(=O)O)C[C@@]3(C(=O)O)C2)cn1.O=C(O)C(F)(F)F. The van der Waals surface area contributed by atoms with E-state index in [0.717, 1.165) is 16.7 Å². The standard InChI is InChI=1S/C19H19N3O4.C2HF3O2/c1-12-4-2-3-5-14(12)15-20-6-13(7-21-15)8-22-10-18(16(23)24)9-19(18,11-22)17(25)26;3-2(4,5)1(6)7/h2-7H,8-11H2,1H3,(H,23,24)(H,25,26);(H,6,7)/t18-,19+;. The second kappa shape index (κ2) is 8.43. The highest BCUT2D eigenvalue weighted by atomic mass is 19.4. The Labute approximate surface area is 185 Å². The van der Waals surface area contributed by atoms with Crippen molar-refractivity contribution in [1.29, 1.82) is 0 Å². The van der Waals surface area contributed by atoms with E-state index >= 15 is 0 Å². The van der Waals surface area contributed by atoms with Gasteiger partial charge in [0.25, 0.3) is 0 Å². The summed E-state index contributed by atoms with van der Waals surface area (Å²) in [5.41, 5.74) is 0.592. The maximum atomic E-state index is 11.6. The maximum absolute atomic E-state index is 11.6. The third-order valence-electron chi connectivity index (χ3n) is 5.94. The van der Waals surface area contributed by atoms with Gasteiger partial charge in [-0.25, -0.2) is 14.8 Å². The van der Waals surface area contributed by atoms with Crippen molar-refractivity contribution in [3.05, 3.63) is 47.8 Å². The van der Waals surface area contributed by atoms with Crippen LogP contribution in [0.1, 0.15) is 17.5 Å². The van der Waals surface area contributed by atoms with Crippen molar-refractivity contribution in [3.63, 3.8) is 0 Å². The normalized spacial score (nSPS) is 23.8. The molecule has 0 radical (unpaired) electrons. The molecule has 2 aromatic rings. The first-order valence-electron chi connectivity index (χ1n) is 9.68. The van der Waals surface area contributed by atoms with E-state index in [2.05, 4.69) is 9.97 Å². The minimum absolute atomic E-state index is 0.212. The predicted octanol–water partition coefficient (Wildman–Crippen LogP) is 2.45. The summed E-state index contributed by atoms with van der Waals surface area (Å²) in [6.07, 6.45) is -1.43. The van der Waals surface area contributed by atoms with Gasteiger partial charge in [-0.3, -0.25) is 14.5 Å². The lowest BCUT2D eigenvalue weighted by molar-refractivity contribution is -0.192. The number of likely N-dealkylation sites (tertiary alicyclic amines) is 1. The largest absolute Gasteiger partial charge is 0.490 e. The van der Waals surface area contributed by atoms with Gasteiger partial charge in [-0.1, -0.05) is 24.3 Å². The molecule has 33 heavy (non-hydrogen) atoms. The van der Waals surface area contributed by atoms with Crippen molar-refractivity contribution in [3.8, 4) is 11.4 Å². The minimum atomic E-state index is -5.08. The third-order valence-corrected chi connectivity index (χ3v) is 5.94. The monoisotopic (exact) mass is 467 g/mol.